The van der Waals surface area contributed by atoms with Crippen LogP contribution in [-0.4, -0.2) is 49.1 Å². The Balaban J connectivity index is 0.00000171. The molecule has 0 radical (unpaired) electrons. The molecule has 1 unspecified atom stereocenters. The van der Waals surface area contributed by atoms with Gasteiger partial charge in [-0.1, -0.05) is 68.1 Å². The zero-order valence-corrected chi connectivity index (χ0v) is 20.4. The maximum absolute atomic E-state index is 5.34. The van der Waals surface area contributed by atoms with Gasteiger partial charge in [0.2, 0.25) is 0 Å². The summed E-state index contributed by atoms with van der Waals surface area (Å²) in [5, 5.41) is 0. The molecule has 31 heavy (non-hydrogen) atoms. The summed E-state index contributed by atoms with van der Waals surface area (Å²) >= 11 is 0. The lowest BCUT2D eigenvalue weighted by Gasteiger charge is -2.42. The van der Waals surface area contributed by atoms with E-state index >= 15 is 0 Å². The molecule has 1 saturated carbocycles. The smallest absolute Gasteiger partial charge is 0.118 e. The predicted octanol–water partition coefficient (Wildman–Crippen LogP) is 6.16. The van der Waals surface area contributed by atoms with Gasteiger partial charge < -0.3 is 4.74 Å². The van der Waals surface area contributed by atoms with Crippen molar-refractivity contribution in [2.45, 2.75) is 57.0 Å². The van der Waals surface area contributed by atoms with E-state index in [2.05, 4.69) is 64.4 Å². The molecule has 1 heterocycles. The molecule has 2 aliphatic rings. The number of rotatable bonds is 6. The third-order valence-electron chi connectivity index (χ3n) is 6.90. The molecule has 2 fully saturated rings. The molecule has 172 valence electrons. The van der Waals surface area contributed by atoms with Crippen LogP contribution in [0.15, 0.2) is 54.6 Å². The molecule has 0 amide bonds. The van der Waals surface area contributed by atoms with Gasteiger partial charge in [-0.3, -0.25) is 9.80 Å². The van der Waals surface area contributed by atoms with E-state index < -0.39 is 0 Å². The van der Waals surface area contributed by atoms with Gasteiger partial charge in [0.05, 0.1) is 7.11 Å². The standard InChI is InChI=1S/C26H36N2O.2ClH/c1-29-25-15-13-22(14-16-25)21-26(23-9-5-4-6-10-23)28-19-17-27(18-20-28)24-11-7-2-3-8-12-24;;/h4-6,9-10,13-16,24,26H,2-3,7-8,11-12,17-21H2,1H3;2*1H. The molecular weight excluding hydrogens is 427 g/mol. The molecule has 2 aromatic rings. The molecule has 3 nitrogen and oxygen atoms in total. The van der Waals surface area contributed by atoms with Crippen molar-refractivity contribution in [3.8, 4) is 5.75 Å². The molecule has 5 heteroatoms. The summed E-state index contributed by atoms with van der Waals surface area (Å²) in [6.07, 6.45) is 9.60. The van der Waals surface area contributed by atoms with Crippen LogP contribution in [0.3, 0.4) is 0 Å². The Morgan fingerprint density at radius 1 is 0.806 bits per heavy atom. The Bertz CT molecular complexity index is 725. The normalized spacial score (nSPS) is 19.5. The Labute approximate surface area is 201 Å². The zero-order chi connectivity index (χ0) is 19.9. The van der Waals surface area contributed by atoms with Gasteiger partial charge in [-0.2, -0.15) is 0 Å². The average molecular weight is 466 g/mol. The Kier molecular flexibility index (Phi) is 11.2. The topological polar surface area (TPSA) is 15.7 Å². The maximum atomic E-state index is 5.34. The minimum Gasteiger partial charge on any atom is -0.497 e. The van der Waals surface area contributed by atoms with Crippen LogP contribution in [0.1, 0.15) is 55.7 Å². The zero-order valence-electron chi connectivity index (χ0n) is 18.7. The first-order valence-corrected chi connectivity index (χ1v) is 11.5. The number of methoxy groups -OCH3 is 1. The van der Waals surface area contributed by atoms with Crippen molar-refractivity contribution in [2.75, 3.05) is 33.3 Å². The highest BCUT2D eigenvalue weighted by Gasteiger charge is 2.28. The summed E-state index contributed by atoms with van der Waals surface area (Å²) < 4.78 is 5.34. The predicted molar refractivity (Wildman–Crippen MR) is 135 cm³/mol. The van der Waals surface area contributed by atoms with Crippen molar-refractivity contribution in [2.24, 2.45) is 0 Å². The van der Waals surface area contributed by atoms with Crippen LogP contribution in [-0.2, 0) is 6.42 Å². The lowest BCUT2D eigenvalue weighted by atomic mass is 9.96. The van der Waals surface area contributed by atoms with Crippen molar-refractivity contribution < 1.29 is 4.74 Å². The summed E-state index contributed by atoms with van der Waals surface area (Å²) in [6.45, 7) is 4.78. The lowest BCUT2D eigenvalue weighted by Crippen LogP contribution is -2.51. The van der Waals surface area contributed by atoms with Crippen LogP contribution in [0, 0.1) is 0 Å². The van der Waals surface area contributed by atoms with Crippen LogP contribution >= 0.6 is 24.8 Å². The number of halogens is 2. The second-order valence-electron chi connectivity index (χ2n) is 8.70. The minimum absolute atomic E-state index is 0. The van der Waals surface area contributed by atoms with Crippen molar-refractivity contribution >= 4 is 24.8 Å². The average Bonchev–Trinajstić information content (AvgIpc) is 3.08. The first kappa shape index (κ1) is 26.0. The van der Waals surface area contributed by atoms with Gasteiger partial charge in [0.1, 0.15) is 5.75 Å². The quantitative estimate of drug-likeness (QED) is 0.475. The fourth-order valence-corrected chi connectivity index (χ4v) is 5.16. The summed E-state index contributed by atoms with van der Waals surface area (Å²) in [7, 11) is 1.73. The first-order valence-electron chi connectivity index (χ1n) is 11.5. The maximum Gasteiger partial charge on any atom is 0.118 e. The Morgan fingerprint density at radius 2 is 1.42 bits per heavy atom. The minimum atomic E-state index is 0. The summed E-state index contributed by atoms with van der Waals surface area (Å²) in [5.41, 5.74) is 2.82. The van der Waals surface area contributed by atoms with E-state index in [-0.39, 0.29) is 24.8 Å². The third kappa shape index (κ3) is 7.12. The van der Waals surface area contributed by atoms with E-state index in [0.29, 0.717) is 6.04 Å². The van der Waals surface area contributed by atoms with Gasteiger partial charge in [-0.25, -0.2) is 0 Å². The van der Waals surface area contributed by atoms with E-state index in [0.717, 1.165) is 18.2 Å². The Morgan fingerprint density at radius 3 is 2.00 bits per heavy atom. The second kappa shape index (κ2) is 13.3. The summed E-state index contributed by atoms with van der Waals surface area (Å²) in [4.78, 5) is 5.50. The lowest BCUT2D eigenvalue weighted by molar-refractivity contribution is 0.0633. The molecule has 1 atom stereocenters. The number of hydrogen-bond donors (Lipinski definition) is 0. The molecule has 2 aromatic carbocycles. The molecule has 1 saturated heterocycles. The van der Waals surface area contributed by atoms with E-state index in [4.69, 9.17) is 4.74 Å². The Hall–Kier alpha value is -1.26. The molecule has 1 aliphatic carbocycles. The highest BCUT2D eigenvalue weighted by atomic mass is 35.5. The van der Waals surface area contributed by atoms with Crippen molar-refractivity contribution in [3.63, 3.8) is 0 Å². The van der Waals surface area contributed by atoms with E-state index in [9.17, 15) is 0 Å². The SMILES string of the molecule is COc1ccc(CC(c2ccccc2)N2CCN(C3CCCCCC3)CC2)cc1.Cl.Cl. The van der Waals surface area contributed by atoms with E-state index in [1.165, 1.54) is 75.8 Å². The number of nitrogens with zero attached hydrogens (tertiary/aromatic N) is 2. The van der Waals surface area contributed by atoms with Crippen LogP contribution < -0.4 is 4.74 Å². The van der Waals surface area contributed by atoms with Crippen LogP contribution in [0.25, 0.3) is 0 Å². The fraction of sp³-hybridized carbons (Fsp3) is 0.538. The van der Waals surface area contributed by atoms with Crippen LogP contribution in [0.2, 0.25) is 0 Å². The summed E-state index contributed by atoms with van der Waals surface area (Å²) in [6, 6.07) is 21.0. The van der Waals surface area contributed by atoms with Crippen LogP contribution in [0.5, 0.6) is 5.75 Å². The first-order chi connectivity index (χ1) is 14.3. The van der Waals surface area contributed by atoms with Gasteiger partial charge in [-0.15, -0.1) is 24.8 Å². The fourth-order valence-electron chi connectivity index (χ4n) is 5.16. The van der Waals surface area contributed by atoms with Crippen molar-refractivity contribution in [1.82, 2.24) is 9.80 Å². The van der Waals surface area contributed by atoms with Crippen molar-refractivity contribution in [1.29, 1.82) is 0 Å². The largest absolute Gasteiger partial charge is 0.497 e. The number of benzene rings is 2. The van der Waals surface area contributed by atoms with E-state index in [1.54, 1.807) is 7.11 Å². The number of hydrogen-bond acceptors (Lipinski definition) is 3. The molecule has 0 N–H and O–H groups in total. The molecule has 0 aromatic heterocycles. The van der Waals surface area contributed by atoms with Gasteiger partial charge in [-0.05, 0) is 42.5 Å². The van der Waals surface area contributed by atoms with Gasteiger partial charge >= 0.3 is 0 Å². The number of piperazine rings is 1. The third-order valence-corrected chi connectivity index (χ3v) is 6.90. The highest BCUT2D eigenvalue weighted by Crippen LogP contribution is 2.29. The molecule has 4 rings (SSSR count). The molecule has 1 aliphatic heterocycles. The van der Waals surface area contributed by atoms with Gasteiger partial charge in [0, 0.05) is 38.3 Å². The van der Waals surface area contributed by atoms with Gasteiger partial charge in [0.25, 0.3) is 0 Å². The summed E-state index contributed by atoms with van der Waals surface area (Å²) in [5.74, 6) is 0.932. The number of ether oxygens (including phenoxy) is 1. The monoisotopic (exact) mass is 464 g/mol. The van der Waals surface area contributed by atoms with Crippen LogP contribution in [0.4, 0.5) is 0 Å². The molecule has 0 spiro atoms. The van der Waals surface area contributed by atoms with Gasteiger partial charge in [0.15, 0.2) is 0 Å². The van der Waals surface area contributed by atoms with Crippen molar-refractivity contribution in [3.05, 3.63) is 65.7 Å². The second-order valence-corrected chi connectivity index (χ2v) is 8.70. The molecular formula is C26H38Cl2N2O. The van der Waals surface area contributed by atoms with E-state index in [1.807, 2.05) is 0 Å². The highest BCUT2D eigenvalue weighted by molar-refractivity contribution is 5.85. The molecule has 0 bridgehead atoms.